The molecule has 0 bridgehead atoms. The van der Waals surface area contributed by atoms with Crippen molar-refractivity contribution in [3.8, 4) is 11.4 Å². The molecule has 1 N–H and O–H groups in total. The molecule has 3 aromatic rings. The van der Waals surface area contributed by atoms with Crippen molar-refractivity contribution in [3.63, 3.8) is 0 Å². The van der Waals surface area contributed by atoms with Gasteiger partial charge < -0.3 is 10.1 Å². The molecule has 24 heavy (non-hydrogen) atoms. The Hall–Kier alpha value is -2.67. The Morgan fingerprint density at radius 3 is 2.62 bits per heavy atom. The third-order valence-corrected chi connectivity index (χ3v) is 4.70. The Kier molecular flexibility index (Phi) is 4.61. The first-order valence-corrected chi connectivity index (χ1v) is 8.39. The van der Waals surface area contributed by atoms with Crippen LogP contribution in [0.5, 0.6) is 5.75 Å². The van der Waals surface area contributed by atoms with Crippen LogP contribution in [0.25, 0.3) is 5.69 Å². The Balaban J connectivity index is 1.98. The standard InChI is InChI=1S/C17H18N4O2S/c1-11(15-5-4-10-24-15)18-17-16(12(2)22)19-20-21(17)13-6-8-14(23-3)9-7-13/h4-11,18H,1-3H3. The van der Waals surface area contributed by atoms with E-state index >= 15 is 0 Å². The van der Waals surface area contributed by atoms with Crippen LogP contribution in [0.1, 0.15) is 35.3 Å². The molecule has 0 saturated carbocycles. The first-order chi connectivity index (χ1) is 11.6. The fourth-order valence-electron chi connectivity index (χ4n) is 2.37. The van der Waals surface area contributed by atoms with Crippen LogP contribution in [0.4, 0.5) is 5.82 Å². The molecule has 0 radical (unpaired) electrons. The quantitative estimate of drug-likeness (QED) is 0.692. The number of aromatic nitrogens is 3. The Labute approximate surface area is 144 Å². The van der Waals surface area contributed by atoms with E-state index in [9.17, 15) is 4.79 Å². The lowest BCUT2D eigenvalue weighted by molar-refractivity contribution is 0.101. The van der Waals surface area contributed by atoms with Gasteiger partial charge in [-0.1, -0.05) is 11.3 Å². The molecule has 2 heterocycles. The van der Waals surface area contributed by atoms with Gasteiger partial charge in [-0.25, -0.2) is 0 Å². The Morgan fingerprint density at radius 2 is 2.04 bits per heavy atom. The van der Waals surface area contributed by atoms with Gasteiger partial charge in [0.15, 0.2) is 17.3 Å². The lowest BCUT2D eigenvalue weighted by Gasteiger charge is -2.15. The van der Waals surface area contributed by atoms with E-state index in [-0.39, 0.29) is 11.8 Å². The molecule has 1 aromatic carbocycles. The molecule has 7 heteroatoms. The highest BCUT2D eigenvalue weighted by molar-refractivity contribution is 7.10. The predicted octanol–water partition coefficient (Wildman–Crippen LogP) is 3.71. The van der Waals surface area contributed by atoms with Crippen LogP contribution in [0, 0.1) is 0 Å². The van der Waals surface area contributed by atoms with E-state index < -0.39 is 0 Å². The molecule has 2 aromatic heterocycles. The fourth-order valence-corrected chi connectivity index (χ4v) is 3.10. The molecule has 0 aliphatic carbocycles. The topological polar surface area (TPSA) is 69.0 Å². The monoisotopic (exact) mass is 342 g/mol. The zero-order valence-corrected chi connectivity index (χ0v) is 14.5. The molecule has 0 aliphatic heterocycles. The third-order valence-electron chi connectivity index (χ3n) is 3.64. The van der Waals surface area contributed by atoms with Gasteiger partial charge in [0.1, 0.15) is 5.75 Å². The maximum absolute atomic E-state index is 11.9. The summed E-state index contributed by atoms with van der Waals surface area (Å²) in [4.78, 5) is 13.1. The van der Waals surface area contributed by atoms with Crippen LogP contribution in [-0.2, 0) is 0 Å². The predicted molar refractivity (Wildman–Crippen MR) is 94.3 cm³/mol. The first-order valence-electron chi connectivity index (χ1n) is 7.51. The zero-order chi connectivity index (χ0) is 17.1. The minimum Gasteiger partial charge on any atom is -0.497 e. The number of ether oxygens (including phenoxy) is 1. The maximum atomic E-state index is 11.9. The molecule has 0 fully saturated rings. The number of carbonyl (C=O) groups is 1. The molecular formula is C17H18N4O2S. The minimum atomic E-state index is -0.129. The molecule has 0 amide bonds. The number of hydrogen-bond acceptors (Lipinski definition) is 6. The van der Waals surface area contributed by atoms with Crippen LogP contribution in [-0.4, -0.2) is 27.9 Å². The second-order valence-electron chi connectivity index (χ2n) is 5.33. The average Bonchev–Trinajstić information content (AvgIpc) is 3.24. The molecular weight excluding hydrogens is 324 g/mol. The largest absolute Gasteiger partial charge is 0.497 e. The number of Topliss-reactive ketones (excluding diaryl/α,β-unsaturated/α-hetero) is 1. The number of benzene rings is 1. The summed E-state index contributed by atoms with van der Waals surface area (Å²) in [5, 5.41) is 13.6. The summed E-state index contributed by atoms with van der Waals surface area (Å²) in [7, 11) is 1.62. The van der Waals surface area contributed by atoms with Gasteiger partial charge in [-0.2, -0.15) is 4.68 Å². The summed E-state index contributed by atoms with van der Waals surface area (Å²) in [5.41, 5.74) is 1.13. The van der Waals surface area contributed by atoms with Gasteiger partial charge in [-0.05, 0) is 42.6 Å². The van der Waals surface area contributed by atoms with E-state index in [2.05, 4.69) is 21.7 Å². The maximum Gasteiger partial charge on any atom is 0.183 e. The van der Waals surface area contributed by atoms with Gasteiger partial charge in [0.2, 0.25) is 0 Å². The highest BCUT2D eigenvalue weighted by Crippen LogP contribution is 2.27. The van der Waals surface area contributed by atoms with Crippen molar-refractivity contribution in [3.05, 3.63) is 52.3 Å². The molecule has 0 aliphatic rings. The Bertz CT molecular complexity index is 825. The summed E-state index contributed by atoms with van der Waals surface area (Å²) >= 11 is 1.66. The highest BCUT2D eigenvalue weighted by Gasteiger charge is 2.20. The van der Waals surface area contributed by atoms with Gasteiger partial charge in [0.25, 0.3) is 0 Å². The van der Waals surface area contributed by atoms with Gasteiger partial charge in [0, 0.05) is 11.8 Å². The van der Waals surface area contributed by atoms with Gasteiger partial charge in [-0.3, -0.25) is 4.79 Å². The van der Waals surface area contributed by atoms with E-state index in [0.717, 1.165) is 11.4 Å². The van der Waals surface area contributed by atoms with Crippen molar-refractivity contribution in [1.29, 1.82) is 0 Å². The second kappa shape index (κ2) is 6.84. The summed E-state index contributed by atoms with van der Waals surface area (Å²) in [5.74, 6) is 1.22. The average molecular weight is 342 g/mol. The lowest BCUT2D eigenvalue weighted by Crippen LogP contribution is -2.12. The molecule has 0 saturated heterocycles. The number of methoxy groups -OCH3 is 1. The van der Waals surface area contributed by atoms with E-state index in [1.807, 2.05) is 42.6 Å². The van der Waals surface area contributed by atoms with Crippen molar-refractivity contribution in [1.82, 2.24) is 15.0 Å². The number of thiophene rings is 1. The van der Waals surface area contributed by atoms with E-state index in [4.69, 9.17) is 4.74 Å². The molecule has 6 nitrogen and oxygen atoms in total. The smallest absolute Gasteiger partial charge is 0.183 e. The molecule has 3 rings (SSSR count). The molecule has 1 unspecified atom stereocenters. The second-order valence-corrected chi connectivity index (χ2v) is 6.31. The van der Waals surface area contributed by atoms with Crippen LogP contribution in [0.3, 0.4) is 0 Å². The Morgan fingerprint density at radius 1 is 1.29 bits per heavy atom. The van der Waals surface area contributed by atoms with Crippen LogP contribution >= 0.6 is 11.3 Å². The fraction of sp³-hybridized carbons (Fsp3) is 0.235. The van der Waals surface area contributed by atoms with Crippen molar-refractivity contribution < 1.29 is 9.53 Å². The number of ketones is 1. The number of hydrogen-bond donors (Lipinski definition) is 1. The van der Waals surface area contributed by atoms with Crippen LogP contribution in [0.15, 0.2) is 41.8 Å². The highest BCUT2D eigenvalue weighted by atomic mass is 32.1. The molecule has 124 valence electrons. The van der Waals surface area contributed by atoms with E-state index in [1.54, 1.807) is 23.1 Å². The number of nitrogens with zero attached hydrogens (tertiary/aromatic N) is 3. The minimum absolute atomic E-state index is 0.0404. The van der Waals surface area contributed by atoms with Gasteiger partial charge in [0.05, 0.1) is 18.8 Å². The summed E-state index contributed by atoms with van der Waals surface area (Å²) in [6.07, 6.45) is 0. The summed E-state index contributed by atoms with van der Waals surface area (Å²) in [6.45, 7) is 3.53. The third kappa shape index (κ3) is 3.16. The van der Waals surface area contributed by atoms with Gasteiger partial charge in [-0.15, -0.1) is 16.4 Å². The summed E-state index contributed by atoms with van der Waals surface area (Å²) < 4.78 is 6.82. The lowest BCUT2D eigenvalue weighted by atomic mass is 10.2. The normalized spacial score (nSPS) is 12.0. The van der Waals surface area contributed by atoms with Crippen LogP contribution in [0.2, 0.25) is 0 Å². The van der Waals surface area contributed by atoms with Crippen molar-refractivity contribution in [2.45, 2.75) is 19.9 Å². The van der Waals surface area contributed by atoms with E-state index in [1.165, 1.54) is 11.8 Å². The van der Waals surface area contributed by atoms with Crippen molar-refractivity contribution >= 4 is 22.9 Å². The SMILES string of the molecule is COc1ccc(-n2nnc(C(C)=O)c2NC(C)c2cccs2)cc1. The first kappa shape index (κ1) is 16.2. The molecule has 0 spiro atoms. The number of carbonyl (C=O) groups excluding carboxylic acids is 1. The van der Waals surface area contributed by atoms with Gasteiger partial charge >= 0.3 is 0 Å². The van der Waals surface area contributed by atoms with Crippen molar-refractivity contribution in [2.24, 2.45) is 0 Å². The number of nitrogens with one attached hydrogen (secondary N) is 1. The number of rotatable bonds is 6. The van der Waals surface area contributed by atoms with E-state index in [0.29, 0.717) is 11.5 Å². The van der Waals surface area contributed by atoms with Crippen LogP contribution < -0.4 is 10.1 Å². The molecule has 1 atom stereocenters. The van der Waals surface area contributed by atoms with Crippen molar-refractivity contribution in [2.75, 3.05) is 12.4 Å². The summed E-state index contributed by atoms with van der Waals surface area (Å²) in [6, 6.07) is 11.5. The zero-order valence-electron chi connectivity index (χ0n) is 13.7. The number of anilines is 1.